The van der Waals surface area contributed by atoms with Gasteiger partial charge in [-0.1, -0.05) is 0 Å². The van der Waals surface area contributed by atoms with Crippen molar-refractivity contribution in [2.75, 3.05) is 0 Å². The molecule has 1 aromatic heterocycles. The summed E-state index contributed by atoms with van der Waals surface area (Å²) in [6.07, 6.45) is 1.77. The lowest BCUT2D eigenvalue weighted by atomic mass is 10.5. The van der Waals surface area contributed by atoms with Crippen LogP contribution in [0.3, 0.4) is 0 Å². The van der Waals surface area contributed by atoms with Crippen molar-refractivity contribution in [3.05, 3.63) is 22.4 Å². The van der Waals surface area contributed by atoms with Gasteiger partial charge in [0.1, 0.15) is 0 Å². The van der Waals surface area contributed by atoms with Gasteiger partial charge in [0.05, 0.1) is 12.3 Å². The third-order valence-corrected chi connectivity index (χ3v) is 1.68. The summed E-state index contributed by atoms with van der Waals surface area (Å²) in [6, 6.07) is 1.85. The number of halogens is 1. The first-order valence-electron chi connectivity index (χ1n) is 2.27. The molecule has 0 amide bonds. The fourth-order valence-electron chi connectivity index (χ4n) is 0.506. The normalized spacial score (nSPS) is 9.75. The summed E-state index contributed by atoms with van der Waals surface area (Å²) < 4.78 is 0.931. The molecule has 8 heavy (non-hydrogen) atoms. The predicted octanol–water partition coefficient (Wildman–Crippen LogP) is 1.27. The van der Waals surface area contributed by atoms with Crippen LogP contribution in [0.4, 0.5) is 0 Å². The Hall–Kier alpha value is -0.280. The van der Waals surface area contributed by atoms with Crippen molar-refractivity contribution < 1.29 is 5.11 Å². The quantitative estimate of drug-likeness (QED) is 0.663. The molecule has 0 unspecified atom stereocenters. The van der Waals surface area contributed by atoms with E-state index < -0.39 is 0 Å². The van der Waals surface area contributed by atoms with E-state index in [1.165, 1.54) is 0 Å². The van der Waals surface area contributed by atoms with Crippen molar-refractivity contribution in [2.24, 2.45) is 0 Å². The van der Waals surface area contributed by atoms with E-state index in [2.05, 4.69) is 20.9 Å². The number of hydrogen-bond acceptors (Lipinski definition) is 1. The minimum Gasteiger partial charge on any atom is -0.390 e. The van der Waals surface area contributed by atoms with Crippen molar-refractivity contribution >= 4 is 15.9 Å². The van der Waals surface area contributed by atoms with E-state index in [0.29, 0.717) is 0 Å². The van der Waals surface area contributed by atoms with Crippen LogP contribution in [0, 0.1) is 0 Å². The van der Waals surface area contributed by atoms with Crippen LogP contribution >= 0.6 is 15.9 Å². The number of aliphatic hydroxyl groups excluding tert-OH is 1. The second kappa shape index (κ2) is 2.33. The van der Waals surface area contributed by atoms with Gasteiger partial charge in [0, 0.05) is 10.7 Å². The maximum Gasteiger partial charge on any atom is 0.0842 e. The van der Waals surface area contributed by atoms with Gasteiger partial charge < -0.3 is 10.1 Å². The second-order valence-corrected chi connectivity index (χ2v) is 2.32. The van der Waals surface area contributed by atoms with Gasteiger partial charge in [-0.2, -0.15) is 0 Å². The van der Waals surface area contributed by atoms with E-state index >= 15 is 0 Å². The fraction of sp³-hybridized carbons (Fsp3) is 0.200. The molecule has 0 aliphatic carbocycles. The summed E-state index contributed by atoms with van der Waals surface area (Å²) in [5.41, 5.74) is 0.824. The summed E-state index contributed by atoms with van der Waals surface area (Å²) in [4.78, 5) is 2.86. The zero-order valence-electron chi connectivity index (χ0n) is 4.19. The molecule has 2 N–H and O–H groups in total. The lowest BCUT2D eigenvalue weighted by Gasteiger charge is -1.87. The molecule has 0 saturated heterocycles. The third-order valence-electron chi connectivity index (χ3n) is 0.934. The van der Waals surface area contributed by atoms with Crippen LogP contribution in [0.1, 0.15) is 5.69 Å². The van der Waals surface area contributed by atoms with Crippen LogP contribution in [0.2, 0.25) is 0 Å². The van der Waals surface area contributed by atoms with E-state index in [-0.39, 0.29) is 6.61 Å². The van der Waals surface area contributed by atoms with Crippen molar-refractivity contribution in [1.82, 2.24) is 4.98 Å². The highest BCUT2D eigenvalue weighted by Crippen LogP contribution is 2.13. The molecule has 1 aromatic rings. The first-order valence-corrected chi connectivity index (χ1v) is 3.06. The van der Waals surface area contributed by atoms with Crippen LogP contribution in [0.15, 0.2) is 16.7 Å². The van der Waals surface area contributed by atoms with Gasteiger partial charge in [-0.3, -0.25) is 0 Å². The molecule has 1 rings (SSSR count). The Morgan fingerprint density at radius 1 is 1.75 bits per heavy atom. The standard InChI is InChI=1S/C5H6BrNO/c6-4-1-2-7-5(4)3-8/h1-2,7-8H,3H2. The number of aromatic nitrogens is 1. The number of hydrogen-bond donors (Lipinski definition) is 2. The van der Waals surface area contributed by atoms with E-state index in [1.807, 2.05) is 6.07 Å². The number of aliphatic hydroxyl groups is 1. The Bertz CT molecular complexity index is 173. The molecule has 0 fully saturated rings. The summed E-state index contributed by atoms with van der Waals surface area (Å²) in [5.74, 6) is 0. The lowest BCUT2D eigenvalue weighted by Crippen LogP contribution is -1.80. The minimum atomic E-state index is 0.0631. The Morgan fingerprint density at radius 3 is 2.75 bits per heavy atom. The van der Waals surface area contributed by atoms with Gasteiger partial charge in [0.25, 0.3) is 0 Å². The maximum absolute atomic E-state index is 8.55. The average molecular weight is 176 g/mol. The largest absolute Gasteiger partial charge is 0.390 e. The molecule has 0 aromatic carbocycles. The Morgan fingerprint density at radius 2 is 2.50 bits per heavy atom. The Balaban J connectivity index is 2.92. The molecular weight excluding hydrogens is 170 g/mol. The van der Waals surface area contributed by atoms with Crippen molar-refractivity contribution in [3.63, 3.8) is 0 Å². The Labute approximate surface area is 55.7 Å². The highest BCUT2D eigenvalue weighted by atomic mass is 79.9. The number of H-pyrrole nitrogens is 1. The first kappa shape index (κ1) is 5.85. The lowest BCUT2D eigenvalue weighted by molar-refractivity contribution is 0.277. The van der Waals surface area contributed by atoms with Crippen LogP contribution in [-0.4, -0.2) is 10.1 Å². The Kier molecular flexibility index (Phi) is 1.70. The van der Waals surface area contributed by atoms with Crippen LogP contribution < -0.4 is 0 Å². The molecule has 0 radical (unpaired) electrons. The monoisotopic (exact) mass is 175 g/mol. The smallest absolute Gasteiger partial charge is 0.0842 e. The summed E-state index contributed by atoms with van der Waals surface area (Å²) in [7, 11) is 0. The predicted molar refractivity (Wildman–Crippen MR) is 34.4 cm³/mol. The molecule has 1 heterocycles. The first-order chi connectivity index (χ1) is 3.84. The average Bonchev–Trinajstić information content (AvgIpc) is 2.14. The number of nitrogens with one attached hydrogen (secondary N) is 1. The molecule has 0 saturated carbocycles. The van der Waals surface area contributed by atoms with Crippen molar-refractivity contribution in [3.8, 4) is 0 Å². The zero-order chi connectivity index (χ0) is 5.98. The van der Waals surface area contributed by atoms with Gasteiger partial charge in [0.2, 0.25) is 0 Å². The van der Waals surface area contributed by atoms with Crippen LogP contribution in [0.5, 0.6) is 0 Å². The van der Waals surface area contributed by atoms with E-state index in [0.717, 1.165) is 10.2 Å². The summed E-state index contributed by atoms with van der Waals surface area (Å²) >= 11 is 3.24. The molecule has 2 nitrogen and oxygen atoms in total. The fourth-order valence-corrected chi connectivity index (χ4v) is 0.878. The molecule has 0 aliphatic heterocycles. The third kappa shape index (κ3) is 0.928. The van der Waals surface area contributed by atoms with Crippen molar-refractivity contribution in [1.29, 1.82) is 0 Å². The van der Waals surface area contributed by atoms with Gasteiger partial charge in [-0.25, -0.2) is 0 Å². The number of aromatic amines is 1. The highest BCUT2D eigenvalue weighted by Gasteiger charge is 1.94. The molecule has 0 bridgehead atoms. The van der Waals surface area contributed by atoms with Gasteiger partial charge >= 0.3 is 0 Å². The second-order valence-electron chi connectivity index (χ2n) is 1.46. The summed E-state index contributed by atoms with van der Waals surface area (Å²) in [5, 5.41) is 8.55. The highest BCUT2D eigenvalue weighted by molar-refractivity contribution is 9.10. The minimum absolute atomic E-state index is 0.0631. The van der Waals surface area contributed by atoms with Gasteiger partial charge in [-0.15, -0.1) is 0 Å². The molecular formula is C5H6BrNO. The van der Waals surface area contributed by atoms with Crippen LogP contribution in [-0.2, 0) is 6.61 Å². The van der Waals surface area contributed by atoms with Gasteiger partial charge in [0.15, 0.2) is 0 Å². The summed E-state index contributed by atoms with van der Waals surface area (Å²) in [6.45, 7) is 0.0631. The van der Waals surface area contributed by atoms with Crippen LogP contribution in [0.25, 0.3) is 0 Å². The zero-order valence-corrected chi connectivity index (χ0v) is 5.77. The molecule has 0 spiro atoms. The molecule has 3 heteroatoms. The topological polar surface area (TPSA) is 36.0 Å². The van der Waals surface area contributed by atoms with Crippen molar-refractivity contribution in [2.45, 2.75) is 6.61 Å². The molecule has 44 valence electrons. The van der Waals surface area contributed by atoms with E-state index in [4.69, 9.17) is 5.11 Å². The molecule has 0 aliphatic rings. The van der Waals surface area contributed by atoms with E-state index in [9.17, 15) is 0 Å². The molecule has 0 atom stereocenters. The maximum atomic E-state index is 8.55. The van der Waals surface area contributed by atoms with Gasteiger partial charge in [-0.05, 0) is 22.0 Å². The number of rotatable bonds is 1. The SMILES string of the molecule is OCc1[nH]ccc1Br. The van der Waals surface area contributed by atoms with E-state index in [1.54, 1.807) is 6.20 Å².